The van der Waals surface area contributed by atoms with Crippen molar-refractivity contribution in [2.45, 2.75) is 19.4 Å². The van der Waals surface area contributed by atoms with Crippen LogP contribution in [0.3, 0.4) is 0 Å². The van der Waals surface area contributed by atoms with Gasteiger partial charge in [-0.3, -0.25) is 9.59 Å². The molecule has 2 aromatic rings. The molecule has 1 aliphatic rings. The van der Waals surface area contributed by atoms with Crippen LogP contribution in [0.25, 0.3) is 10.1 Å². The van der Waals surface area contributed by atoms with E-state index in [1.54, 1.807) is 7.11 Å². The highest BCUT2D eigenvalue weighted by Gasteiger charge is 2.30. The molecular formula is C19H24N2O4S. The van der Waals surface area contributed by atoms with Crippen molar-refractivity contribution in [3.63, 3.8) is 0 Å². The van der Waals surface area contributed by atoms with Crippen molar-refractivity contribution in [3.8, 4) is 0 Å². The van der Waals surface area contributed by atoms with Gasteiger partial charge in [-0.2, -0.15) is 0 Å². The van der Waals surface area contributed by atoms with Gasteiger partial charge in [0.2, 0.25) is 5.91 Å². The fraction of sp³-hybridized carbons (Fsp3) is 0.474. The molecule has 0 saturated carbocycles. The molecule has 1 aliphatic heterocycles. The van der Waals surface area contributed by atoms with Gasteiger partial charge in [0.25, 0.3) is 5.91 Å². The van der Waals surface area contributed by atoms with Crippen LogP contribution in [0.2, 0.25) is 0 Å². The lowest BCUT2D eigenvalue weighted by molar-refractivity contribution is -0.138. The molecule has 0 spiro atoms. The van der Waals surface area contributed by atoms with E-state index in [9.17, 15) is 9.59 Å². The fourth-order valence-electron chi connectivity index (χ4n) is 3.17. The Morgan fingerprint density at radius 1 is 1.38 bits per heavy atom. The lowest BCUT2D eigenvalue weighted by Crippen LogP contribution is -2.42. The standard InChI is InChI=1S/C19H24N2O4S/c1-3-16(22)21-9-11-25-14(12-21)17-13-6-4-5-7-15(13)26-18(17)19(23)20-8-10-24-2/h4-7,14H,3,8-12H2,1-2H3,(H,20,23). The lowest BCUT2D eigenvalue weighted by Gasteiger charge is -2.33. The smallest absolute Gasteiger partial charge is 0.261 e. The zero-order chi connectivity index (χ0) is 18.5. The second-order valence-electron chi connectivity index (χ2n) is 6.14. The van der Waals surface area contributed by atoms with Crippen molar-refractivity contribution in [1.82, 2.24) is 10.2 Å². The van der Waals surface area contributed by atoms with Gasteiger partial charge in [0.15, 0.2) is 0 Å². The summed E-state index contributed by atoms with van der Waals surface area (Å²) in [6.45, 7) is 4.33. The first-order chi connectivity index (χ1) is 12.7. The molecule has 1 fully saturated rings. The molecule has 1 aromatic heterocycles. The van der Waals surface area contributed by atoms with Crippen molar-refractivity contribution < 1.29 is 19.1 Å². The number of carbonyl (C=O) groups is 2. The Bertz CT molecular complexity index is 789. The minimum absolute atomic E-state index is 0.115. The maximum Gasteiger partial charge on any atom is 0.261 e. The second kappa shape index (κ2) is 8.62. The molecule has 26 heavy (non-hydrogen) atoms. The fourth-order valence-corrected chi connectivity index (χ4v) is 4.35. The Balaban J connectivity index is 1.93. The summed E-state index contributed by atoms with van der Waals surface area (Å²) in [5.41, 5.74) is 0.883. The van der Waals surface area contributed by atoms with Crippen LogP contribution in [-0.4, -0.2) is 56.7 Å². The summed E-state index contributed by atoms with van der Waals surface area (Å²) in [4.78, 5) is 27.3. The number of hydrogen-bond donors (Lipinski definition) is 1. The number of thiophene rings is 1. The van der Waals surface area contributed by atoms with Crippen molar-refractivity contribution in [2.24, 2.45) is 0 Å². The highest BCUT2D eigenvalue weighted by Crippen LogP contribution is 2.38. The molecule has 140 valence electrons. The molecule has 1 unspecified atom stereocenters. The van der Waals surface area contributed by atoms with E-state index in [2.05, 4.69) is 5.32 Å². The van der Waals surface area contributed by atoms with Gasteiger partial charge in [0, 0.05) is 36.9 Å². The molecule has 3 rings (SSSR count). The first-order valence-electron chi connectivity index (χ1n) is 8.83. The van der Waals surface area contributed by atoms with Crippen molar-refractivity contribution in [2.75, 3.05) is 40.0 Å². The summed E-state index contributed by atoms with van der Waals surface area (Å²) < 4.78 is 12.0. The number of rotatable bonds is 6. The minimum Gasteiger partial charge on any atom is -0.383 e. The summed E-state index contributed by atoms with van der Waals surface area (Å²) in [5, 5.41) is 3.91. The van der Waals surface area contributed by atoms with Crippen LogP contribution < -0.4 is 5.32 Å². The highest BCUT2D eigenvalue weighted by molar-refractivity contribution is 7.21. The van der Waals surface area contributed by atoms with Crippen LogP contribution in [0.4, 0.5) is 0 Å². The Kier molecular flexibility index (Phi) is 6.24. The summed E-state index contributed by atoms with van der Waals surface area (Å²) >= 11 is 1.46. The number of amides is 2. The monoisotopic (exact) mass is 376 g/mol. The Hall–Kier alpha value is -1.96. The molecule has 2 amide bonds. The highest BCUT2D eigenvalue weighted by atomic mass is 32.1. The van der Waals surface area contributed by atoms with Crippen molar-refractivity contribution in [3.05, 3.63) is 34.7 Å². The third-order valence-corrected chi connectivity index (χ3v) is 5.66. The number of morpholine rings is 1. The molecule has 0 bridgehead atoms. The van der Waals surface area contributed by atoms with E-state index in [1.165, 1.54) is 11.3 Å². The molecule has 2 heterocycles. The van der Waals surface area contributed by atoms with Crippen LogP contribution in [0, 0.1) is 0 Å². The van der Waals surface area contributed by atoms with Crippen molar-refractivity contribution in [1.29, 1.82) is 0 Å². The molecule has 0 aliphatic carbocycles. The zero-order valence-corrected chi connectivity index (χ0v) is 15.9. The maximum absolute atomic E-state index is 12.7. The maximum atomic E-state index is 12.7. The number of ether oxygens (including phenoxy) is 2. The van der Waals surface area contributed by atoms with E-state index in [0.717, 1.165) is 15.6 Å². The van der Waals surface area contributed by atoms with Gasteiger partial charge in [-0.05, 0) is 11.5 Å². The molecule has 1 saturated heterocycles. The van der Waals surface area contributed by atoms with Gasteiger partial charge in [0.05, 0.1) is 24.6 Å². The van der Waals surface area contributed by atoms with Crippen molar-refractivity contribution >= 4 is 33.2 Å². The number of hydrogen-bond acceptors (Lipinski definition) is 5. The van der Waals surface area contributed by atoms with Gasteiger partial charge < -0.3 is 19.7 Å². The van der Waals surface area contributed by atoms with E-state index in [1.807, 2.05) is 36.1 Å². The van der Waals surface area contributed by atoms with Gasteiger partial charge in [-0.25, -0.2) is 0 Å². The molecule has 1 N–H and O–H groups in total. The SMILES string of the molecule is CCC(=O)N1CCOC(c2c(C(=O)NCCOC)sc3ccccc23)C1. The third kappa shape index (κ3) is 3.90. The van der Waals surface area contributed by atoms with Crippen LogP contribution in [0.5, 0.6) is 0 Å². The first kappa shape index (κ1) is 18.8. The average Bonchev–Trinajstić information content (AvgIpc) is 3.07. The molecule has 6 nitrogen and oxygen atoms in total. The minimum atomic E-state index is -0.293. The van der Waals surface area contributed by atoms with Crippen LogP contribution in [0.15, 0.2) is 24.3 Å². The van der Waals surface area contributed by atoms with Crippen LogP contribution in [-0.2, 0) is 14.3 Å². The van der Waals surface area contributed by atoms with E-state index < -0.39 is 0 Å². The van der Waals surface area contributed by atoms with Crippen LogP contribution >= 0.6 is 11.3 Å². The molecule has 7 heteroatoms. The number of nitrogens with zero attached hydrogens (tertiary/aromatic N) is 1. The number of fused-ring (bicyclic) bond motifs is 1. The first-order valence-corrected chi connectivity index (χ1v) is 9.65. The Morgan fingerprint density at radius 3 is 2.96 bits per heavy atom. The predicted octanol–water partition coefficient (Wildman–Crippen LogP) is 2.59. The molecule has 0 radical (unpaired) electrons. The predicted molar refractivity (Wildman–Crippen MR) is 102 cm³/mol. The zero-order valence-electron chi connectivity index (χ0n) is 15.1. The summed E-state index contributed by atoms with van der Waals surface area (Å²) in [7, 11) is 1.60. The molecular weight excluding hydrogens is 352 g/mol. The topological polar surface area (TPSA) is 67.9 Å². The summed E-state index contributed by atoms with van der Waals surface area (Å²) in [5.74, 6) is -0.00952. The Labute approximate surface area is 157 Å². The van der Waals surface area contributed by atoms with Gasteiger partial charge in [-0.15, -0.1) is 11.3 Å². The third-order valence-electron chi connectivity index (χ3n) is 4.48. The summed E-state index contributed by atoms with van der Waals surface area (Å²) in [6.07, 6.45) is 0.181. The summed E-state index contributed by atoms with van der Waals surface area (Å²) in [6, 6.07) is 7.94. The lowest BCUT2D eigenvalue weighted by atomic mass is 10.0. The van der Waals surface area contributed by atoms with Crippen LogP contribution in [0.1, 0.15) is 34.7 Å². The normalized spacial score (nSPS) is 17.5. The molecule has 1 atom stereocenters. The number of benzene rings is 1. The quantitative estimate of drug-likeness (QED) is 0.787. The molecule has 1 aromatic carbocycles. The van der Waals surface area contributed by atoms with Gasteiger partial charge >= 0.3 is 0 Å². The number of nitrogens with one attached hydrogen (secondary N) is 1. The number of carbonyl (C=O) groups excluding carboxylic acids is 2. The number of methoxy groups -OCH3 is 1. The van der Waals surface area contributed by atoms with E-state index in [4.69, 9.17) is 9.47 Å². The largest absolute Gasteiger partial charge is 0.383 e. The second-order valence-corrected chi connectivity index (χ2v) is 7.19. The van der Waals surface area contributed by atoms with E-state index >= 15 is 0 Å². The van der Waals surface area contributed by atoms with Gasteiger partial charge in [-0.1, -0.05) is 25.1 Å². The average molecular weight is 376 g/mol. The van der Waals surface area contributed by atoms with E-state index in [-0.39, 0.29) is 17.9 Å². The van der Waals surface area contributed by atoms with E-state index in [0.29, 0.717) is 44.1 Å². The Morgan fingerprint density at radius 2 is 2.19 bits per heavy atom. The van der Waals surface area contributed by atoms with Gasteiger partial charge in [0.1, 0.15) is 6.10 Å².